The lowest BCUT2D eigenvalue weighted by atomic mass is 10.0. The van der Waals surface area contributed by atoms with E-state index >= 15 is 0 Å². The summed E-state index contributed by atoms with van der Waals surface area (Å²) in [5.74, 6) is 1.25. The molecule has 2 heterocycles. The third-order valence-corrected chi connectivity index (χ3v) is 5.97. The highest BCUT2D eigenvalue weighted by atomic mass is 35.5. The predicted molar refractivity (Wildman–Crippen MR) is 124 cm³/mol. The Morgan fingerprint density at radius 3 is 2.69 bits per heavy atom. The van der Waals surface area contributed by atoms with Crippen LogP contribution in [-0.2, 0) is 9.59 Å². The Hall–Kier alpha value is -2.77. The Labute approximate surface area is 193 Å². The molecular formula is C24H28ClN3O4. The molecule has 1 fully saturated rings. The van der Waals surface area contributed by atoms with E-state index in [-0.39, 0.29) is 24.3 Å². The van der Waals surface area contributed by atoms with Gasteiger partial charge in [0.05, 0.1) is 18.8 Å². The number of amides is 1. The van der Waals surface area contributed by atoms with E-state index in [0.717, 1.165) is 37.2 Å². The number of benzene rings is 2. The summed E-state index contributed by atoms with van der Waals surface area (Å²) in [5, 5.41) is 6.91. The van der Waals surface area contributed by atoms with E-state index in [9.17, 15) is 9.59 Å². The normalized spacial score (nSPS) is 18.8. The van der Waals surface area contributed by atoms with Crippen LogP contribution in [0.3, 0.4) is 0 Å². The lowest BCUT2D eigenvalue weighted by molar-refractivity contribution is -0.129. The summed E-state index contributed by atoms with van der Waals surface area (Å²) in [6.45, 7) is 4.35. The third-order valence-electron chi connectivity index (χ3n) is 5.74. The average Bonchev–Trinajstić information content (AvgIpc) is 2.79. The van der Waals surface area contributed by atoms with E-state index in [2.05, 4.69) is 15.5 Å². The molecular weight excluding hydrogens is 430 g/mol. The van der Waals surface area contributed by atoms with Gasteiger partial charge in [-0.05, 0) is 50.1 Å². The van der Waals surface area contributed by atoms with Gasteiger partial charge in [-0.25, -0.2) is 0 Å². The van der Waals surface area contributed by atoms with E-state index in [1.54, 1.807) is 18.2 Å². The molecule has 7 nitrogen and oxygen atoms in total. The van der Waals surface area contributed by atoms with Crippen molar-refractivity contribution < 1.29 is 19.1 Å². The highest BCUT2D eigenvalue weighted by molar-refractivity contribution is 6.30. The molecule has 170 valence electrons. The van der Waals surface area contributed by atoms with Crippen molar-refractivity contribution in [2.24, 2.45) is 0 Å². The smallest absolute Gasteiger partial charge is 0.263 e. The molecule has 0 unspecified atom stereocenters. The van der Waals surface area contributed by atoms with Crippen molar-refractivity contribution >= 4 is 29.0 Å². The van der Waals surface area contributed by atoms with Crippen LogP contribution in [0.5, 0.6) is 11.5 Å². The second-order valence-corrected chi connectivity index (χ2v) is 8.76. The molecule has 2 aromatic carbocycles. The number of anilines is 1. The third kappa shape index (κ3) is 5.93. The monoisotopic (exact) mass is 457 g/mol. The number of hydrogen-bond donors (Lipinski definition) is 2. The molecule has 0 bridgehead atoms. The van der Waals surface area contributed by atoms with Crippen molar-refractivity contribution in [1.82, 2.24) is 10.2 Å². The molecule has 1 amide bonds. The van der Waals surface area contributed by atoms with Crippen LogP contribution in [0.1, 0.15) is 18.4 Å². The zero-order valence-electron chi connectivity index (χ0n) is 18.1. The van der Waals surface area contributed by atoms with Gasteiger partial charge in [0, 0.05) is 24.2 Å². The number of nitrogens with zero attached hydrogens (tertiary/aromatic N) is 1. The molecule has 8 heteroatoms. The van der Waals surface area contributed by atoms with Crippen LogP contribution in [0.15, 0.2) is 42.5 Å². The number of carbonyl (C=O) groups excluding carboxylic acids is 2. The molecule has 4 rings (SSSR count). The van der Waals surface area contributed by atoms with E-state index in [1.165, 1.54) is 0 Å². The Kier molecular flexibility index (Phi) is 7.17. The minimum absolute atomic E-state index is 0.0495. The lowest BCUT2D eigenvalue weighted by Crippen LogP contribution is -2.51. The number of ether oxygens (including phenoxy) is 2. The standard InChI is InChI=1S/C24H28ClN3O4/c1-16-2-5-20(6-3-16)31-15-19(29)14-28-10-8-18(9-11-28)27-24(30)23-13-26-21-12-17(25)4-7-22(21)32-23/h2-7,12,18,23,26H,8-11,13-15H2,1H3,(H,27,30)/t23-/m0/s1. The molecule has 2 aliphatic rings. The first-order valence-corrected chi connectivity index (χ1v) is 11.3. The largest absolute Gasteiger partial charge is 0.486 e. The van der Waals surface area contributed by atoms with Crippen molar-refractivity contribution in [1.29, 1.82) is 0 Å². The van der Waals surface area contributed by atoms with Gasteiger partial charge in [-0.1, -0.05) is 29.3 Å². The van der Waals surface area contributed by atoms with Gasteiger partial charge in [-0.3, -0.25) is 14.5 Å². The van der Waals surface area contributed by atoms with Crippen LogP contribution >= 0.6 is 11.6 Å². The van der Waals surface area contributed by atoms with Gasteiger partial charge in [0.25, 0.3) is 5.91 Å². The molecule has 0 aromatic heterocycles. The highest BCUT2D eigenvalue weighted by Crippen LogP contribution is 2.31. The van der Waals surface area contributed by atoms with E-state index in [0.29, 0.717) is 29.6 Å². The van der Waals surface area contributed by atoms with Crippen molar-refractivity contribution in [3.05, 3.63) is 53.1 Å². The molecule has 0 aliphatic carbocycles. The van der Waals surface area contributed by atoms with Gasteiger partial charge in [-0.15, -0.1) is 0 Å². The Morgan fingerprint density at radius 1 is 1.19 bits per heavy atom. The maximum atomic E-state index is 12.7. The number of ketones is 1. The van der Waals surface area contributed by atoms with E-state index in [4.69, 9.17) is 21.1 Å². The zero-order valence-corrected chi connectivity index (χ0v) is 18.9. The number of hydrogen-bond acceptors (Lipinski definition) is 6. The molecule has 0 spiro atoms. The summed E-state index contributed by atoms with van der Waals surface area (Å²) < 4.78 is 11.4. The topological polar surface area (TPSA) is 79.9 Å². The molecule has 0 radical (unpaired) electrons. The summed E-state index contributed by atoms with van der Waals surface area (Å²) in [6, 6.07) is 13.0. The van der Waals surface area contributed by atoms with Crippen LogP contribution in [-0.4, -0.2) is 61.5 Å². The Bertz CT molecular complexity index is 958. The van der Waals surface area contributed by atoms with E-state index < -0.39 is 6.10 Å². The number of piperidine rings is 1. The van der Waals surface area contributed by atoms with Crippen molar-refractivity contribution in [2.45, 2.75) is 31.9 Å². The number of likely N-dealkylation sites (tertiary alicyclic amines) is 1. The van der Waals surface area contributed by atoms with Gasteiger partial charge in [-0.2, -0.15) is 0 Å². The molecule has 0 saturated carbocycles. The predicted octanol–water partition coefficient (Wildman–Crippen LogP) is 3.05. The number of fused-ring (bicyclic) bond motifs is 1. The molecule has 2 N–H and O–H groups in total. The maximum Gasteiger partial charge on any atom is 0.263 e. The summed E-state index contributed by atoms with van der Waals surface area (Å²) in [7, 11) is 0. The zero-order chi connectivity index (χ0) is 22.5. The second kappa shape index (κ2) is 10.2. The molecule has 32 heavy (non-hydrogen) atoms. The number of nitrogens with one attached hydrogen (secondary N) is 2. The number of rotatable bonds is 7. The molecule has 1 saturated heterocycles. The van der Waals surface area contributed by atoms with Crippen LogP contribution in [0.4, 0.5) is 5.69 Å². The van der Waals surface area contributed by atoms with Crippen molar-refractivity contribution in [3.63, 3.8) is 0 Å². The maximum absolute atomic E-state index is 12.7. The number of Topliss-reactive ketones (excluding diaryl/α,β-unsaturated/α-hetero) is 1. The van der Waals surface area contributed by atoms with Crippen LogP contribution in [0, 0.1) is 6.92 Å². The van der Waals surface area contributed by atoms with Gasteiger partial charge in [0.15, 0.2) is 11.9 Å². The lowest BCUT2D eigenvalue weighted by Gasteiger charge is -2.33. The number of aryl methyl sites for hydroxylation is 1. The first-order valence-electron chi connectivity index (χ1n) is 10.9. The van der Waals surface area contributed by atoms with Gasteiger partial charge in [0.1, 0.15) is 18.1 Å². The summed E-state index contributed by atoms with van der Waals surface area (Å²) in [6.07, 6.45) is 1.01. The number of halogens is 1. The summed E-state index contributed by atoms with van der Waals surface area (Å²) >= 11 is 5.99. The Balaban J connectivity index is 1.17. The van der Waals surface area contributed by atoms with E-state index in [1.807, 2.05) is 31.2 Å². The second-order valence-electron chi connectivity index (χ2n) is 8.33. The van der Waals surface area contributed by atoms with Gasteiger partial charge < -0.3 is 20.1 Å². The molecule has 2 aromatic rings. The van der Waals surface area contributed by atoms with Crippen molar-refractivity contribution in [3.8, 4) is 11.5 Å². The van der Waals surface area contributed by atoms with Gasteiger partial charge >= 0.3 is 0 Å². The highest BCUT2D eigenvalue weighted by Gasteiger charge is 2.29. The first kappa shape index (κ1) is 22.4. The minimum atomic E-state index is -0.581. The Morgan fingerprint density at radius 2 is 1.94 bits per heavy atom. The van der Waals surface area contributed by atoms with Gasteiger partial charge in [0.2, 0.25) is 0 Å². The minimum Gasteiger partial charge on any atom is -0.486 e. The van der Waals surface area contributed by atoms with Crippen LogP contribution in [0.2, 0.25) is 5.02 Å². The fourth-order valence-electron chi connectivity index (χ4n) is 3.91. The first-order chi connectivity index (χ1) is 15.5. The summed E-state index contributed by atoms with van der Waals surface area (Å²) in [4.78, 5) is 27.0. The molecule has 1 atom stereocenters. The van der Waals surface area contributed by atoms with Crippen LogP contribution in [0.25, 0.3) is 0 Å². The van der Waals surface area contributed by atoms with Crippen LogP contribution < -0.4 is 20.1 Å². The number of carbonyl (C=O) groups is 2. The quantitative estimate of drug-likeness (QED) is 0.665. The summed E-state index contributed by atoms with van der Waals surface area (Å²) in [5.41, 5.74) is 1.95. The molecule has 2 aliphatic heterocycles. The SMILES string of the molecule is Cc1ccc(OCC(=O)CN2CCC(NC(=O)[C@@H]3CNc4cc(Cl)ccc4O3)CC2)cc1. The fourth-order valence-corrected chi connectivity index (χ4v) is 4.08. The average molecular weight is 458 g/mol. The fraction of sp³-hybridized carbons (Fsp3) is 0.417. The van der Waals surface area contributed by atoms with Crippen molar-refractivity contribution in [2.75, 3.05) is 38.1 Å².